The number of ether oxygens (including phenoxy) is 1. The van der Waals surface area contributed by atoms with Crippen LogP contribution in [0, 0.1) is 11.6 Å². The molecule has 3 N–H and O–H groups in total. The van der Waals surface area contributed by atoms with Gasteiger partial charge in [0.15, 0.2) is 17.4 Å². The summed E-state index contributed by atoms with van der Waals surface area (Å²) in [6.45, 7) is 1.11. The van der Waals surface area contributed by atoms with Crippen molar-refractivity contribution in [3.8, 4) is 22.8 Å². The van der Waals surface area contributed by atoms with Crippen LogP contribution in [-0.4, -0.2) is 45.4 Å². The molecule has 0 saturated carbocycles. The maximum Gasteiger partial charge on any atom is 0.202 e. The Morgan fingerprint density at radius 1 is 1.21 bits per heavy atom. The van der Waals surface area contributed by atoms with E-state index in [4.69, 9.17) is 10.5 Å². The van der Waals surface area contributed by atoms with Crippen molar-refractivity contribution in [2.75, 3.05) is 25.9 Å². The molecule has 28 heavy (non-hydrogen) atoms. The Hall–Kier alpha value is -2.66. The van der Waals surface area contributed by atoms with Crippen LogP contribution in [0.2, 0.25) is 0 Å². The van der Waals surface area contributed by atoms with E-state index >= 15 is 0 Å². The van der Waals surface area contributed by atoms with Crippen LogP contribution in [0.25, 0.3) is 17.1 Å². The highest BCUT2D eigenvalue weighted by Gasteiger charge is 2.21. The number of aromatic nitrogens is 5. The number of hydrogen-bond donors (Lipinski definition) is 2. The second-order valence-electron chi connectivity index (χ2n) is 5.87. The number of nitrogen functional groups attached to an aromatic ring is 1. The van der Waals surface area contributed by atoms with Gasteiger partial charge in [0.1, 0.15) is 5.69 Å². The normalized spacial score (nSPS) is 11.0. The predicted octanol–water partition coefficient (Wildman–Crippen LogP) is 2.73. The fraction of sp³-hybridized carbons (Fsp3) is 0.294. The van der Waals surface area contributed by atoms with E-state index in [0.29, 0.717) is 15.7 Å². The van der Waals surface area contributed by atoms with Gasteiger partial charge < -0.3 is 15.8 Å². The zero-order chi connectivity index (χ0) is 20.1. The van der Waals surface area contributed by atoms with Crippen LogP contribution < -0.4 is 15.8 Å². The van der Waals surface area contributed by atoms with Crippen molar-refractivity contribution >= 4 is 21.6 Å². The SMILES string of the molecule is CNCCCCOc1ccc(-n2nnnc2-c2cncc(Br)c2N)c(F)c1F. The number of nitrogens with two attached hydrogens (primary N) is 1. The van der Waals surface area contributed by atoms with Crippen LogP contribution >= 0.6 is 15.9 Å². The lowest BCUT2D eigenvalue weighted by molar-refractivity contribution is 0.286. The van der Waals surface area contributed by atoms with E-state index in [0.717, 1.165) is 24.1 Å². The molecule has 0 radical (unpaired) electrons. The molecule has 0 unspecified atom stereocenters. The average Bonchev–Trinajstić information content (AvgIpc) is 3.16. The minimum absolute atomic E-state index is 0.130. The molecule has 0 fully saturated rings. The third kappa shape index (κ3) is 4.09. The van der Waals surface area contributed by atoms with E-state index in [2.05, 4.69) is 41.8 Å². The summed E-state index contributed by atoms with van der Waals surface area (Å²) in [5.74, 6) is -2.26. The Morgan fingerprint density at radius 3 is 2.82 bits per heavy atom. The lowest BCUT2D eigenvalue weighted by atomic mass is 10.2. The smallest absolute Gasteiger partial charge is 0.202 e. The number of benzene rings is 1. The largest absolute Gasteiger partial charge is 0.490 e. The predicted molar refractivity (Wildman–Crippen MR) is 103 cm³/mol. The summed E-state index contributed by atoms with van der Waals surface area (Å²) in [7, 11) is 1.85. The van der Waals surface area contributed by atoms with Crippen molar-refractivity contribution < 1.29 is 13.5 Å². The van der Waals surface area contributed by atoms with Crippen LogP contribution in [0.5, 0.6) is 5.75 Å². The lowest BCUT2D eigenvalue weighted by Crippen LogP contribution is -2.10. The number of unbranched alkanes of at least 4 members (excludes halogenated alkanes) is 1. The number of halogens is 3. The van der Waals surface area contributed by atoms with Gasteiger partial charge in [-0.3, -0.25) is 4.98 Å². The molecule has 2 heterocycles. The summed E-state index contributed by atoms with van der Waals surface area (Å²) in [4.78, 5) is 4.02. The zero-order valence-corrected chi connectivity index (χ0v) is 16.6. The van der Waals surface area contributed by atoms with Crippen molar-refractivity contribution in [1.82, 2.24) is 30.5 Å². The molecule has 148 valence electrons. The van der Waals surface area contributed by atoms with E-state index in [1.165, 1.54) is 24.5 Å². The van der Waals surface area contributed by atoms with Crippen LogP contribution in [0.4, 0.5) is 14.5 Å². The number of nitrogens with zero attached hydrogens (tertiary/aromatic N) is 5. The molecule has 0 aliphatic carbocycles. The molecule has 0 saturated heterocycles. The number of tetrazole rings is 1. The molecule has 8 nitrogen and oxygen atoms in total. The van der Waals surface area contributed by atoms with Crippen molar-refractivity contribution in [2.24, 2.45) is 0 Å². The molecule has 0 amide bonds. The van der Waals surface area contributed by atoms with Crippen molar-refractivity contribution in [3.05, 3.63) is 40.6 Å². The maximum atomic E-state index is 14.7. The van der Waals surface area contributed by atoms with Gasteiger partial charge in [-0.25, -0.2) is 4.39 Å². The highest BCUT2D eigenvalue weighted by molar-refractivity contribution is 9.10. The standard InChI is InChI=1S/C17H18BrF2N7O/c1-22-6-2-3-7-28-13-5-4-12(14(19)15(13)20)27-17(24-25-26-27)10-8-23-9-11(18)16(10)21/h4-5,8-9,22H,2-3,6-7H2,1H3,(H2,21,23). The van der Waals surface area contributed by atoms with E-state index < -0.39 is 11.6 Å². The zero-order valence-electron chi connectivity index (χ0n) is 15.0. The number of hydrogen-bond acceptors (Lipinski definition) is 7. The summed E-state index contributed by atoms with van der Waals surface area (Å²) in [6.07, 6.45) is 4.54. The summed E-state index contributed by atoms with van der Waals surface area (Å²) in [5.41, 5.74) is 6.55. The number of pyridine rings is 1. The van der Waals surface area contributed by atoms with Gasteiger partial charge in [-0.05, 0) is 64.9 Å². The number of rotatable bonds is 8. The fourth-order valence-electron chi connectivity index (χ4n) is 2.52. The molecule has 3 aromatic rings. The van der Waals surface area contributed by atoms with Gasteiger partial charge in [0.2, 0.25) is 5.82 Å². The highest BCUT2D eigenvalue weighted by Crippen LogP contribution is 2.32. The quantitative estimate of drug-likeness (QED) is 0.505. The van der Waals surface area contributed by atoms with E-state index in [1.807, 2.05) is 7.05 Å². The van der Waals surface area contributed by atoms with Gasteiger partial charge in [-0.2, -0.15) is 9.07 Å². The van der Waals surface area contributed by atoms with E-state index in [9.17, 15) is 8.78 Å². The van der Waals surface area contributed by atoms with Crippen LogP contribution in [0.15, 0.2) is 29.0 Å². The first-order valence-electron chi connectivity index (χ1n) is 8.48. The first kappa shape index (κ1) is 20.1. The van der Waals surface area contributed by atoms with Crippen LogP contribution in [0.3, 0.4) is 0 Å². The summed E-state index contributed by atoms with van der Waals surface area (Å²) < 4.78 is 36.1. The van der Waals surface area contributed by atoms with Crippen molar-refractivity contribution in [1.29, 1.82) is 0 Å². The molecule has 0 aliphatic rings. The second-order valence-corrected chi connectivity index (χ2v) is 6.72. The second kappa shape index (κ2) is 9.02. The summed E-state index contributed by atoms with van der Waals surface area (Å²) in [5, 5.41) is 14.2. The van der Waals surface area contributed by atoms with Gasteiger partial charge in [0.05, 0.1) is 22.3 Å². The Kier molecular flexibility index (Phi) is 6.47. The molecule has 1 aromatic carbocycles. The maximum absolute atomic E-state index is 14.7. The molecular formula is C17H18BrF2N7O. The van der Waals surface area contributed by atoms with E-state index in [1.54, 1.807) is 0 Å². The third-order valence-electron chi connectivity index (χ3n) is 3.98. The van der Waals surface area contributed by atoms with Crippen LogP contribution in [-0.2, 0) is 0 Å². The van der Waals surface area contributed by atoms with Crippen molar-refractivity contribution in [3.63, 3.8) is 0 Å². The molecule has 11 heteroatoms. The minimum Gasteiger partial charge on any atom is -0.490 e. The fourth-order valence-corrected chi connectivity index (χ4v) is 2.85. The lowest BCUT2D eigenvalue weighted by Gasteiger charge is -2.11. The molecule has 0 aliphatic heterocycles. The number of nitrogens with one attached hydrogen (secondary N) is 1. The first-order chi connectivity index (χ1) is 13.5. The van der Waals surface area contributed by atoms with Gasteiger partial charge in [-0.15, -0.1) is 5.10 Å². The first-order valence-corrected chi connectivity index (χ1v) is 9.27. The highest BCUT2D eigenvalue weighted by atomic mass is 79.9. The van der Waals surface area contributed by atoms with Gasteiger partial charge in [-0.1, -0.05) is 0 Å². The summed E-state index contributed by atoms with van der Waals surface area (Å²) >= 11 is 3.27. The molecule has 3 rings (SSSR count). The minimum atomic E-state index is -1.12. The molecular weight excluding hydrogens is 436 g/mol. The van der Waals surface area contributed by atoms with Gasteiger partial charge in [0.25, 0.3) is 0 Å². The monoisotopic (exact) mass is 453 g/mol. The van der Waals surface area contributed by atoms with Gasteiger partial charge in [0, 0.05) is 12.4 Å². The Labute approximate surface area is 168 Å². The molecule has 2 aromatic heterocycles. The topological polar surface area (TPSA) is 104 Å². The molecule has 0 spiro atoms. The molecule has 0 atom stereocenters. The number of anilines is 1. The Bertz CT molecular complexity index is 967. The van der Waals surface area contributed by atoms with Gasteiger partial charge >= 0.3 is 0 Å². The molecule has 0 bridgehead atoms. The van der Waals surface area contributed by atoms with Crippen molar-refractivity contribution in [2.45, 2.75) is 12.8 Å². The third-order valence-corrected chi connectivity index (χ3v) is 4.61. The Morgan fingerprint density at radius 2 is 2.04 bits per heavy atom. The Balaban J connectivity index is 1.89. The summed E-state index contributed by atoms with van der Waals surface area (Å²) in [6, 6.07) is 2.70. The van der Waals surface area contributed by atoms with E-state index in [-0.39, 0.29) is 23.9 Å². The average molecular weight is 454 g/mol. The van der Waals surface area contributed by atoms with Crippen LogP contribution in [0.1, 0.15) is 12.8 Å².